The first kappa shape index (κ1) is 12.0. The molecule has 0 aliphatic carbocycles. The predicted molar refractivity (Wildman–Crippen MR) is 69.9 cm³/mol. The second kappa shape index (κ2) is 6.44. The quantitative estimate of drug-likeness (QED) is 0.363. The summed E-state index contributed by atoms with van der Waals surface area (Å²) in [7, 11) is 0. The van der Waals surface area contributed by atoms with Gasteiger partial charge in [-0.1, -0.05) is 29.4 Å². The van der Waals surface area contributed by atoms with Gasteiger partial charge in [-0.3, -0.25) is 0 Å². The number of rotatable bonds is 4. The molecule has 0 radical (unpaired) electrons. The van der Waals surface area contributed by atoms with Gasteiger partial charge in [-0.2, -0.15) is 0 Å². The fourth-order valence-corrected chi connectivity index (χ4v) is 1.21. The van der Waals surface area contributed by atoms with Crippen molar-refractivity contribution in [1.29, 1.82) is 0 Å². The Hall–Kier alpha value is -2.04. The van der Waals surface area contributed by atoms with E-state index in [0.717, 1.165) is 11.3 Å². The summed E-state index contributed by atoms with van der Waals surface area (Å²) >= 11 is 4.72. The third-order valence-electron chi connectivity index (χ3n) is 1.74. The Kier molecular flexibility index (Phi) is 4.85. The van der Waals surface area contributed by atoms with Crippen LogP contribution in [-0.2, 0) is 0 Å². The summed E-state index contributed by atoms with van der Waals surface area (Å²) in [6.45, 7) is 0.351. The van der Waals surface area contributed by atoms with Crippen LogP contribution in [0.1, 0.15) is 5.56 Å². The van der Waals surface area contributed by atoms with E-state index in [-0.39, 0.29) is 5.11 Å². The number of nitrogens with two attached hydrogens (primary N) is 1. The zero-order valence-electron chi connectivity index (χ0n) is 8.50. The van der Waals surface area contributed by atoms with Crippen LogP contribution in [0.3, 0.4) is 0 Å². The number of thiocarbonyl (C=S) groups is 1. The van der Waals surface area contributed by atoms with Crippen LogP contribution >= 0.6 is 12.2 Å². The Morgan fingerprint density at radius 1 is 1.50 bits per heavy atom. The molecule has 16 heavy (non-hydrogen) atoms. The summed E-state index contributed by atoms with van der Waals surface area (Å²) in [6, 6.07) is 7.55. The molecule has 0 saturated carbocycles. The molecule has 0 aromatic heterocycles. The standard InChI is InChI=1S/C10H11N5S/c11-10(16)14-9-5-3-8(4-6-9)2-1-7-13-15-12/h1-6H,7H2,(H3,11,14,16). The maximum atomic E-state index is 8.08. The second-order valence-electron chi connectivity index (χ2n) is 2.93. The maximum Gasteiger partial charge on any atom is 0.168 e. The zero-order valence-corrected chi connectivity index (χ0v) is 9.31. The van der Waals surface area contributed by atoms with Crippen molar-refractivity contribution in [3.05, 3.63) is 46.3 Å². The molecule has 0 heterocycles. The van der Waals surface area contributed by atoms with Gasteiger partial charge in [0.2, 0.25) is 0 Å². The molecule has 0 atom stereocenters. The molecule has 0 bridgehead atoms. The molecular weight excluding hydrogens is 222 g/mol. The molecule has 1 aromatic carbocycles. The van der Waals surface area contributed by atoms with Crippen LogP contribution in [0.15, 0.2) is 35.5 Å². The fourth-order valence-electron chi connectivity index (χ4n) is 1.09. The Morgan fingerprint density at radius 3 is 2.75 bits per heavy atom. The highest BCUT2D eigenvalue weighted by molar-refractivity contribution is 7.80. The van der Waals surface area contributed by atoms with Gasteiger partial charge in [0.15, 0.2) is 5.11 Å². The van der Waals surface area contributed by atoms with Gasteiger partial charge in [0, 0.05) is 17.1 Å². The predicted octanol–water partition coefficient (Wildman–Crippen LogP) is 2.67. The lowest BCUT2D eigenvalue weighted by Gasteiger charge is -2.03. The molecule has 0 fully saturated rings. The van der Waals surface area contributed by atoms with Crippen molar-refractivity contribution >= 4 is 29.1 Å². The topological polar surface area (TPSA) is 86.8 Å². The molecular formula is C10H11N5S. The molecule has 5 nitrogen and oxygen atoms in total. The smallest absolute Gasteiger partial charge is 0.168 e. The Morgan fingerprint density at radius 2 is 2.19 bits per heavy atom. The van der Waals surface area contributed by atoms with E-state index < -0.39 is 0 Å². The van der Waals surface area contributed by atoms with E-state index in [1.165, 1.54) is 0 Å². The van der Waals surface area contributed by atoms with Gasteiger partial charge in [0.1, 0.15) is 0 Å². The molecule has 0 aliphatic heterocycles. The van der Waals surface area contributed by atoms with Gasteiger partial charge in [-0.25, -0.2) is 0 Å². The van der Waals surface area contributed by atoms with Crippen molar-refractivity contribution < 1.29 is 0 Å². The van der Waals surface area contributed by atoms with E-state index in [1.54, 1.807) is 6.08 Å². The molecule has 0 amide bonds. The van der Waals surface area contributed by atoms with Crippen molar-refractivity contribution in [2.45, 2.75) is 0 Å². The summed E-state index contributed by atoms with van der Waals surface area (Å²) in [6.07, 6.45) is 3.66. The average Bonchev–Trinajstić information content (AvgIpc) is 2.26. The molecule has 6 heteroatoms. The highest BCUT2D eigenvalue weighted by Gasteiger charge is 1.92. The average molecular weight is 233 g/mol. The van der Waals surface area contributed by atoms with Crippen LogP contribution < -0.4 is 11.1 Å². The molecule has 0 unspecified atom stereocenters. The Balaban J connectivity index is 2.60. The van der Waals surface area contributed by atoms with Crippen molar-refractivity contribution in [2.75, 3.05) is 11.9 Å². The van der Waals surface area contributed by atoms with E-state index >= 15 is 0 Å². The highest BCUT2D eigenvalue weighted by atomic mass is 32.1. The second-order valence-corrected chi connectivity index (χ2v) is 3.37. The molecule has 1 rings (SSSR count). The first-order valence-corrected chi connectivity index (χ1v) is 4.97. The lowest BCUT2D eigenvalue weighted by atomic mass is 10.2. The van der Waals surface area contributed by atoms with Crippen LogP contribution in [0.2, 0.25) is 0 Å². The number of anilines is 1. The monoisotopic (exact) mass is 233 g/mol. The minimum Gasteiger partial charge on any atom is -0.376 e. The molecule has 1 aromatic rings. The third-order valence-corrected chi connectivity index (χ3v) is 1.84. The lowest BCUT2D eigenvalue weighted by molar-refractivity contribution is 1.22. The molecule has 0 aliphatic rings. The van der Waals surface area contributed by atoms with Gasteiger partial charge in [0.25, 0.3) is 0 Å². The maximum absolute atomic E-state index is 8.08. The Labute approximate surface area is 98.6 Å². The van der Waals surface area contributed by atoms with E-state index in [9.17, 15) is 0 Å². The summed E-state index contributed by atoms with van der Waals surface area (Å²) in [5.74, 6) is 0. The van der Waals surface area contributed by atoms with Crippen molar-refractivity contribution in [3.63, 3.8) is 0 Å². The lowest BCUT2D eigenvalue weighted by Crippen LogP contribution is -2.18. The van der Waals surface area contributed by atoms with Gasteiger partial charge in [-0.15, -0.1) is 0 Å². The first-order valence-electron chi connectivity index (χ1n) is 4.56. The number of benzene rings is 1. The molecule has 0 saturated heterocycles. The number of azide groups is 1. The number of nitrogens with zero attached hydrogens (tertiary/aromatic N) is 3. The number of nitrogens with one attached hydrogen (secondary N) is 1. The fraction of sp³-hybridized carbons (Fsp3) is 0.100. The van der Waals surface area contributed by atoms with Gasteiger partial charge >= 0.3 is 0 Å². The number of hydrogen-bond donors (Lipinski definition) is 2. The summed E-state index contributed by atoms with van der Waals surface area (Å²) in [5.41, 5.74) is 15.3. The summed E-state index contributed by atoms with van der Waals surface area (Å²) < 4.78 is 0. The van der Waals surface area contributed by atoms with Gasteiger partial charge < -0.3 is 11.1 Å². The van der Waals surface area contributed by atoms with Crippen LogP contribution in [0, 0.1) is 0 Å². The summed E-state index contributed by atoms with van der Waals surface area (Å²) in [4.78, 5) is 2.65. The SMILES string of the molecule is [N-]=[N+]=NCC=Cc1ccc(NC(N)=S)cc1. The first-order chi connectivity index (χ1) is 7.72. The van der Waals surface area contributed by atoms with E-state index in [1.807, 2.05) is 30.3 Å². The van der Waals surface area contributed by atoms with Gasteiger partial charge in [0.05, 0.1) is 0 Å². The van der Waals surface area contributed by atoms with E-state index in [4.69, 9.17) is 23.5 Å². The summed E-state index contributed by atoms with van der Waals surface area (Å²) in [5, 5.41) is 6.46. The van der Waals surface area contributed by atoms with Crippen molar-refractivity contribution in [3.8, 4) is 0 Å². The van der Waals surface area contributed by atoms with E-state index in [2.05, 4.69) is 15.3 Å². The molecule has 82 valence electrons. The zero-order chi connectivity index (χ0) is 11.8. The molecule has 0 spiro atoms. The van der Waals surface area contributed by atoms with Crippen LogP contribution in [-0.4, -0.2) is 11.7 Å². The normalized spacial score (nSPS) is 9.75. The minimum absolute atomic E-state index is 0.242. The minimum atomic E-state index is 0.242. The largest absolute Gasteiger partial charge is 0.376 e. The van der Waals surface area contributed by atoms with Crippen LogP contribution in [0.4, 0.5) is 5.69 Å². The Bertz CT molecular complexity index is 431. The third kappa shape index (κ3) is 4.45. The van der Waals surface area contributed by atoms with Crippen molar-refractivity contribution in [2.24, 2.45) is 10.8 Å². The van der Waals surface area contributed by atoms with Gasteiger partial charge in [-0.05, 0) is 35.4 Å². The van der Waals surface area contributed by atoms with E-state index in [0.29, 0.717) is 6.54 Å². The van der Waals surface area contributed by atoms with Crippen LogP contribution in [0.5, 0.6) is 0 Å². The number of hydrogen-bond acceptors (Lipinski definition) is 2. The van der Waals surface area contributed by atoms with Crippen molar-refractivity contribution in [1.82, 2.24) is 0 Å². The highest BCUT2D eigenvalue weighted by Crippen LogP contribution is 2.10. The van der Waals surface area contributed by atoms with Crippen LogP contribution in [0.25, 0.3) is 16.5 Å². The molecule has 3 N–H and O–H groups in total.